The Balaban J connectivity index is 1.65. The summed E-state index contributed by atoms with van der Waals surface area (Å²) in [7, 11) is 0. The van der Waals surface area contributed by atoms with E-state index < -0.39 is 0 Å². The zero-order chi connectivity index (χ0) is 16.4. The predicted octanol–water partition coefficient (Wildman–Crippen LogP) is 3.82. The van der Waals surface area contributed by atoms with Gasteiger partial charge in [-0.15, -0.1) is 0 Å². The Hall–Kier alpha value is -0.480. The molecule has 0 aromatic heterocycles. The van der Waals surface area contributed by atoms with Gasteiger partial charge >= 0.3 is 0 Å². The molecular formula is C17H22Cl3N2O+. The summed E-state index contributed by atoms with van der Waals surface area (Å²) in [6.07, 6.45) is 7.75. The van der Waals surface area contributed by atoms with E-state index in [2.05, 4.69) is 5.32 Å². The third kappa shape index (κ3) is 4.14. The van der Waals surface area contributed by atoms with Crippen LogP contribution in [0.4, 0.5) is 5.69 Å². The van der Waals surface area contributed by atoms with E-state index in [0.29, 0.717) is 33.3 Å². The van der Waals surface area contributed by atoms with Gasteiger partial charge in [0, 0.05) is 10.9 Å². The Morgan fingerprint density at radius 2 is 1.74 bits per heavy atom. The third-order valence-corrected chi connectivity index (χ3v) is 5.98. The summed E-state index contributed by atoms with van der Waals surface area (Å²) < 4.78 is 0. The Morgan fingerprint density at radius 1 is 1.09 bits per heavy atom. The molecule has 1 heterocycles. The van der Waals surface area contributed by atoms with Crippen LogP contribution in [-0.2, 0) is 4.79 Å². The molecule has 6 heteroatoms. The highest BCUT2D eigenvalue weighted by molar-refractivity contribution is 6.42. The largest absolute Gasteiger partial charge is 0.324 e. The van der Waals surface area contributed by atoms with Gasteiger partial charge in [0.15, 0.2) is 6.54 Å². The van der Waals surface area contributed by atoms with Crippen molar-refractivity contribution in [2.45, 2.75) is 44.6 Å². The van der Waals surface area contributed by atoms with Gasteiger partial charge in [0.2, 0.25) is 0 Å². The van der Waals surface area contributed by atoms with Gasteiger partial charge in [0.05, 0.1) is 28.3 Å². The lowest BCUT2D eigenvalue weighted by Crippen LogP contribution is -3.18. The zero-order valence-electron chi connectivity index (χ0n) is 13.0. The zero-order valence-corrected chi connectivity index (χ0v) is 15.3. The summed E-state index contributed by atoms with van der Waals surface area (Å²) in [6.45, 7) is 1.56. The minimum Gasteiger partial charge on any atom is -0.324 e. The predicted molar refractivity (Wildman–Crippen MR) is 95.8 cm³/mol. The van der Waals surface area contributed by atoms with Gasteiger partial charge in [0.1, 0.15) is 0 Å². The molecule has 1 saturated carbocycles. The topological polar surface area (TPSA) is 33.5 Å². The van der Waals surface area contributed by atoms with Crippen LogP contribution in [0.25, 0.3) is 0 Å². The van der Waals surface area contributed by atoms with E-state index in [1.807, 2.05) is 0 Å². The summed E-state index contributed by atoms with van der Waals surface area (Å²) in [4.78, 5) is 13.9. The lowest BCUT2D eigenvalue weighted by Gasteiger charge is -2.40. The molecule has 2 aliphatic rings. The van der Waals surface area contributed by atoms with Gasteiger partial charge in [-0.2, -0.15) is 0 Å². The van der Waals surface area contributed by atoms with Crippen LogP contribution in [0.15, 0.2) is 12.1 Å². The summed E-state index contributed by atoms with van der Waals surface area (Å²) in [5, 5.41) is 4.08. The fourth-order valence-corrected chi connectivity index (χ4v) is 5.05. The minimum atomic E-state index is -0.0302. The SMILES string of the molecule is O=C(C[NH+]1CCC[C@@H]2CCCC[C@@H]21)Nc1c(Cl)cc(Cl)cc1Cl. The summed E-state index contributed by atoms with van der Waals surface area (Å²) >= 11 is 18.2. The minimum absolute atomic E-state index is 0.0302. The number of quaternary nitrogens is 1. The molecule has 126 valence electrons. The first-order valence-electron chi connectivity index (χ1n) is 8.33. The number of fused-ring (bicyclic) bond motifs is 1. The van der Waals surface area contributed by atoms with Gasteiger partial charge in [-0.1, -0.05) is 41.2 Å². The molecule has 0 bridgehead atoms. The molecule has 3 nitrogen and oxygen atoms in total. The van der Waals surface area contributed by atoms with Crippen molar-refractivity contribution < 1.29 is 9.69 Å². The second-order valence-corrected chi connectivity index (χ2v) is 7.92. The molecule has 23 heavy (non-hydrogen) atoms. The summed E-state index contributed by atoms with van der Waals surface area (Å²) in [6, 6.07) is 3.82. The van der Waals surface area contributed by atoms with Crippen LogP contribution in [0.3, 0.4) is 0 Å². The van der Waals surface area contributed by atoms with Crippen LogP contribution in [0.5, 0.6) is 0 Å². The molecule has 1 aromatic carbocycles. The smallest absolute Gasteiger partial charge is 0.279 e. The maximum atomic E-state index is 12.5. The van der Waals surface area contributed by atoms with Crippen molar-refractivity contribution >= 4 is 46.4 Å². The number of likely N-dealkylation sites (tertiary alicyclic amines) is 1. The van der Waals surface area contributed by atoms with Crippen molar-refractivity contribution in [3.05, 3.63) is 27.2 Å². The highest BCUT2D eigenvalue weighted by Crippen LogP contribution is 2.33. The first-order valence-corrected chi connectivity index (χ1v) is 9.47. The van der Waals surface area contributed by atoms with E-state index in [0.717, 1.165) is 12.5 Å². The standard InChI is InChI=1S/C17H21Cl3N2O/c18-12-8-13(19)17(14(20)9-12)21-16(23)10-22-7-3-5-11-4-1-2-6-15(11)22/h8-9,11,15H,1-7,10H2,(H,21,23)/p+1/t11-,15-/m0/s1. The van der Waals surface area contributed by atoms with Crippen LogP contribution in [-0.4, -0.2) is 25.0 Å². The van der Waals surface area contributed by atoms with Crippen molar-refractivity contribution in [1.82, 2.24) is 0 Å². The highest BCUT2D eigenvalue weighted by atomic mass is 35.5. The fraction of sp³-hybridized carbons (Fsp3) is 0.588. The highest BCUT2D eigenvalue weighted by Gasteiger charge is 2.37. The van der Waals surface area contributed by atoms with Gasteiger partial charge in [0.25, 0.3) is 5.91 Å². The molecule has 0 spiro atoms. The Kier molecular flexibility index (Phi) is 5.74. The first kappa shape index (κ1) is 17.3. The second-order valence-electron chi connectivity index (χ2n) is 6.67. The molecule has 2 fully saturated rings. The number of nitrogens with one attached hydrogen (secondary N) is 2. The van der Waals surface area contributed by atoms with Crippen molar-refractivity contribution in [3.8, 4) is 0 Å². The fourth-order valence-electron chi connectivity index (χ4n) is 4.14. The number of anilines is 1. The number of amides is 1. The lowest BCUT2D eigenvalue weighted by atomic mass is 9.78. The number of hydrogen-bond donors (Lipinski definition) is 2. The average Bonchev–Trinajstić information content (AvgIpc) is 2.51. The van der Waals surface area contributed by atoms with Crippen LogP contribution in [0.2, 0.25) is 15.1 Å². The maximum absolute atomic E-state index is 12.5. The van der Waals surface area contributed by atoms with Crippen LogP contribution < -0.4 is 10.2 Å². The van der Waals surface area contributed by atoms with Gasteiger partial charge in [-0.25, -0.2) is 0 Å². The van der Waals surface area contributed by atoms with Gasteiger partial charge in [-0.05, 0) is 44.2 Å². The Morgan fingerprint density at radius 3 is 2.48 bits per heavy atom. The molecule has 2 N–H and O–H groups in total. The quantitative estimate of drug-likeness (QED) is 0.826. The molecule has 1 aliphatic heterocycles. The monoisotopic (exact) mass is 375 g/mol. The number of carbonyl (C=O) groups excluding carboxylic acids is 1. The molecule has 3 atom stereocenters. The molecular weight excluding hydrogens is 355 g/mol. The summed E-state index contributed by atoms with van der Waals surface area (Å²) in [5.41, 5.74) is 0.458. The molecule has 1 aliphatic carbocycles. The second kappa shape index (κ2) is 7.60. The van der Waals surface area contributed by atoms with E-state index in [-0.39, 0.29) is 5.91 Å². The van der Waals surface area contributed by atoms with E-state index in [1.54, 1.807) is 12.1 Å². The van der Waals surface area contributed by atoms with Crippen LogP contribution in [0.1, 0.15) is 38.5 Å². The van der Waals surface area contributed by atoms with Gasteiger partial charge in [-0.3, -0.25) is 4.79 Å². The summed E-state index contributed by atoms with van der Waals surface area (Å²) in [5.74, 6) is 0.764. The van der Waals surface area contributed by atoms with Crippen molar-refractivity contribution in [3.63, 3.8) is 0 Å². The first-order chi connectivity index (χ1) is 11.0. The number of piperidine rings is 1. The molecule has 1 unspecified atom stereocenters. The normalized spacial score (nSPS) is 27.3. The average molecular weight is 377 g/mol. The molecule has 3 rings (SSSR count). The maximum Gasteiger partial charge on any atom is 0.279 e. The van der Waals surface area contributed by atoms with E-state index in [1.165, 1.54) is 43.4 Å². The number of rotatable bonds is 3. The van der Waals surface area contributed by atoms with Crippen molar-refractivity contribution in [2.75, 3.05) is 18.4 Å². The molecule has 1 amide bonds. The molecule has 0 radical (unpaired) electrons. The number of halogens is 3. The van der Waals surface area contributed by atoms with Gasteiger partial charge < -0.3 is 10.2 Å². The van der Waals surface area contributed by atoms with Crippen molar-refractivity contribution in [2.24, 2.45) is 5.92 Å². The van der Waals surface area contributed by atoms with E-state index in [9.17, 15) is 4.79 Å². The number of hydrogen-bond acceptors (Lipinski definition) is 1. The van der Waals surface area contributed by atoms with Crippen LogP contribution in [0, 0.1) is 5.92 Å². The van der Waals surface area contributed by atoms with E-state index in [4.69, 9.17) is 34.8 Å². The number of carbonyl (C=O) groups is 1. The van der Waals surface area contributed by atoms with E-state index >= 15 is 0 Å². The third-order valence-electron chi connectivity index (χ3n) is 5.17. The molecule has 1 saturated heterocycles. The van der Waals surface area contributed by atoms with Crippen LogP contribution >= 0.6 is 34.8 Å². The Bertz CT molecular complexity index is 568. The Labute approximate surface area is 152 Å². The lowest BCUT2D eigenvalue weighted by molar-refractivity contribution is -0.928. The number of benzene rings is 1. The molecule has 1 aromatic rings. The van der Waals surface area contributed by atoms with Crippen molar-refractivity contribution in [1.29, 1.82) is 0 Å².